The van der Waals surface area contributed by atoms with Gasteiger partial charge in [-0.25, -0.2) is 9.97 Å². The fourth-order valence-electron chi connectivity index (χ4n) is 2.69. The van der Waals surface area contributed by atoms with Crippen molar-refractivity contribution in [2.24, 2.45) is 7.05 Å². The highest BCUT2D eigenvalue weighted by molar-refractivity contribution is 7.16. The van der Waals surface area contributed by atoms with Gasteiger partial charge in [0.25, 0.3) is 0 Å². The molecule has 0 fully saturated rings. The molecule has 0 radical (unpaired) electrons. The summed E-state index contributed by atoms with van der Waals surface area (Å²) < 4.78 is 4.30. The fourth-order valence-corrected chi connectivity index (χ4v) is 3.62. The van der Waals surface area contributed by atoms with Crippen LogP contribution in [0.3, 0.4) is 0 Å². The summed E-state index contributed by atoms with van der Waals surface area (Å²) in [6.45, 7) is 2.10. The second-order valence-electron chi connectivity index (χ2n) is 5.76. The molecule has 6 heteroatoms. The lowest BCUT2D eigenvalue weighted by atomic mass is 10.2. The molecule has 0 aliphatic carbocycles. The largest absolute Gasteiger partial charge is 0.361 e. The zero-order valence-electron chi connectivity index (χ0n) is 13.0. The number of pyridine rings is 1. The average molecular weight is 311 g/mol. The average Bonchev–Trinajstić information content (AvgIpc) is 2.82. The van der Waals surface area contributed by atoms with Crippen LogP contribution in [0.2, 0.25) is 0 Å². The van der Waals surface area contributed by atoms with Gasteiger partial charge < -0.3 is 9.47 Å². The number of aromatic nitrogens is 4. The van der Waals surface area contributed by atoms with Crippen LogP contribution in [0.1, 0.15) is 5.56 Å². The molecule has 0 saturated carbocycles. The van der Waals surface area contributed by atoms with Gasteiger partial charge in [0.05, 0.1) is 12.0 Å². The third-order valence-electron chi connectivity index (χ3n) is 3.86. The standard InChI is InChI=1S/C16H17N5S/c1-10-5-7-11(8-6-10)21-14-13-12(17-9-20(13)4)15(19(2)3)18-16(14)22-21/h5-9H,1-4H3. The molecule has 4 rings (SSSR count). The Hall–Kier alpha value is -2.34. The Morgan fingerprint density at radius 3 is 2.50 bits per heavy atom. The molecule has 3 aromatic heterocycles. The number of fused-ring (bicyclic) bond motifs is 3. The van der Waals surface area contributed by atoms with Crippen molar-refractivity contribution >= 4 is 38.7 Å². The van der Waals surface area contributed by atoms with Gasteiger partial charge in [-0.2, -0.15) is 0 Å². The maximum absolute atomic E-state index is 4.77. The molecule has 4 aromatic rings. The molecular weight excluding hydrogens is 294 g/mol. The third kappa shape index (κ3) is 1.77. The van der Waals surface area contributed by atoms with Gasteiger partial charge in [-0.05, 0) is 30.6 Å². The van der Waals surface area contributed by atoms with Crippen molar-refractivity contribution in [1.29, 1.82) is 0 Å². The van der Waals surface area contributed by atoms with E-state index >= 15 is 0 Å². The lowest BCUT2D eigenvalue weighted by molar-refractivity contribution is 0.948. The van der Waals surface area contributed by atoms with Crippen LogP contribution in [-0.4, -0.2) is 32.6 Å². The van der Waals surface area contributed by atoms with E-state index in [1.165, 1.54) is 11.3 Å². The monoisotopic (exact) mass is 311 g/mol. The van der Waals surface area contributed by atoms with Crippen molar-refractivity contribution in [2.75, 3.05) is 19.0 Å². The van der Waals surface area contributed by atoms with Crippen molar-refractivity contribution in [1.82, 2.24) is 18.5 Å². The molecule has 0 saturated heterocycles. The fraction of sp³-hybridized carbons (Fsp3) is 0.250. The van der Waals surface area contributed by atoms with Gasteiger partial charge in [0.1, 0.15) is 16.6 Å². The Kier molecular flexibility index (Phi) is 2.77. The van der Waals surface area contributed by atoms with Gasteiger partial charge in [-0.3, -0.25) is 3.96 Å². The van der Waals surface area contributed by atoms with Gasteiger partial charge in [-0.1, -0.05) is 17.7 Å². The molecule has 0 spiro atoms. The van der Waals surface area contributed by atoms with Gasteiger partial charge in [0.15, 0.2) is 10.6 Å². The normalized spacial score (nSPS) is 11.6. The minimum absolute atomic E-state index is 0.922. The van der Waals surface area contributed by atoms with Crippen LogP contribution in [-0.2, 0) is 7.05 Å². The van der Waals surface area contributed by atoms with Gasteiger partial charge in [0.2, 0.25) is 0 Å². The number of imidazole rings is 1. The quantitative estimate of drug-likeness (QED) is 0.570. The first-order chi connectivity index (χ1) is 10.6. The summed E-state index contributed by atoms with van der Waals surface area (Å²) in [7, 11) is 6.04. The van der Waals surface area contributed by atoms with E-state index in [9.17, 15) is 0 Å². The molecule has 0 atom stereocenters. The second kappa shape index (κ2) is 4.58. The highest BCUT2D eigenvalue weighted by Crippen LogP contribution is 2.37. The Morgan fingerprint density at radius 1 is 1.09 bits per heavy atom. The second-order valence-corrected chi connectivity index (χ2v) is 6.69. The van der Waals surface area contributed by atoms with Crippen LogP contribution in [0, 0.1) is 6.92 Å². The zero-order valence-corrected chi connectivity index (χ0v) is 13.8. The molecule has 0 unspecified atom stereocenters. The number of nitrogens with zero attached hydrogens (tertiary/aromatic N) is 5. The Balaban J connectivity index is 2.03. The van der Waals surface area contributed by atoms with Crippen molar-refractivity contribution in [3.8, 4) is 5.69 Å². The lowest BCUT2D eigenvalue weighted by Crippen LogP contribution is -2.13. The molecule has 0 N–H and O–H groups in total. The number of anilines is 1. The number of hydrogen-bond acceptors (Lipinski definition) is 4. The molecule has 0 aliphatic heterocycles. The van der Waals surface area contributed by atoms with Crippen molar-refractivity contribution in [3.63, 3.8) is 0 Å². The maximum Gasteiger partial charge on any atom is 0.162 e. The van der Waals surface area contributed by atoms with Crippen molar-refractivity contribution in [3.05, 3.63) is 36.2 Å². The van der Waals surface area contributed by atoms with Gasteiger partial charge in [0, 0.05) is 21.1 Å². The summed E-state index contributed by atoms with van der Waals surface area (Å²) >= 11 is 1.67. The van der Waals surface area contributed by atoms with E-state index in [0.29, 0.717) is 0 Å². The molecule has 112 valence electrons. The van der Waals surface area contributed by atoms with E-state index in [4.69, 9.17) is 4.98 Å². The molecule has 0 bridgehead atoms. The Morgan fingerprint density at radius 2 is 1.82 bits per heavy atom. The first-order valence-corrected chi connectivity index (χ1v) is 7.90. The first kappa shape index (κ1) is 13.3. The highest BCUT2D eigenvalue weighted by Gasteiger charge is 2.21. The molecular formula is C16H17N5S. The van der Waals surface area contributed by atoms with Crippen LogP contribution >= 0.6 is 11.5 Å². The minimum atomic E-state index is 0.922. The molecule has 5 nitrogen and oxygen atoms in total. The van der Waals surface area contributed by atoms with E-state index in [1.54, 1.807) is 11.5 Å². The van der Waals surface area contributed by atoms with Crippen LogP contribution in [0.4, 0.5) is 5.82 Å². The van der Waals surface area contributed by atoms with Crippen molar-refractivity contribution in [2.45, 2.75) is 6.92 Å². The van der Waals surface area contributed by atoms with Crippen LogP contribution in [0.25, 0.3) is 27.1 Å². The van der Waals surface area contributed by atoms with E-state index in [2.05, 4.69) is 44.7 Å². The lowest BCUT2D eigenvalue weighted by Gasteiger charge is -2.19. The summed E-state index contributed by atoms with van der Waals surface area (Å²) in [4.78, 5) is 12.4. The molecule has 3 heterocycles. The van der Waals surface area contributed by atoms with Crippen molar-refractivity contribution < 1.29 is 0 Å². The van der Waals surface area contributed by atoms with Gasteiger partial charge in [-0.15, -0.1) is 0 Å². The topological polar surface area (TPSA) is 38.9 Å². The number of hydrogen-bond donors (Lipinski definition) is 0. The maximum atomic E-state index is 4.77. The van der Waals surface area contributed by atoms with Crippen LogP contribution in [0.5, 0.6) is 0 Å². The molecule has 1 aromatic carbocycles. The molecule has 0 aliphatic rings. The predicted octanol–water partition coefficient (Wildman–Crippen LogP) is 3.35. The SMILES string of the molecule is Cc1ccc(-n2sc3nc(N(C)C)c4ncn(C)c4c32)cc1. The summed E-state index contributed by atoms with van der Waals surface area (Å²) in [5, 5.41) is 0. The summed E-state index contributed by atoms with van der Waals surface area (Å²) in [6.07, 6.45) is 1.86. The van der Waals surface area contributed by atoms with E-state index in [0.717, 1.165) is 27.2 Å². The van der Waals surface area contributed by atoms with E-state index in [1.807, 2.05) is 32.4 Å². The van der Waals surface area contributed by atoms with Gasteiger partial charge >= 0.3 is 0 Å². The minimum Gasteiger partial charge on any atom is -0.361 e. The number of rotatable bonds is 2. The first-order valence-electron chi connectivity index (χ1n) is 7.13. The predicted molar refractivity (Wildman–Crippen MR) is 92.3 cm³/mol. The van der Waals surface area contributed by atoms with Crippen LogP contribution in [0.15, 0.2) is 30.6 Å². The third-order valence-corrected chi connectivity index (χ3v) is 4.89. The molecule has 22 heavy (non-hydrogen) atoms. The smallest absolute Gasteiger partial charge is 0.162 e. The Labute approximate surface area is 132 Å². The summed E-state index contributed by atoms with van der Waals surface area (Å²) in [6, 6.07) is 8.56. The zero-order chi connectivity index (χ0) is 15.4. The summed E-state index contributed by atoms with van der Waals surface area (Å²) in [5.74, 6) is 0.922. The van der Waals surface area contributed by atoms with E-state index < -0.39 is 0 Å². The van der Waals surface area contributed by atoms with E-state index in [-0.39, 0.29) is 0 Å². The summed E-state index contributed by atoms with van der Waals surface area (Å²) in [5.41, 5.74) is 5.66. The van der Waals surface area contributed by atoms with Crippen LogP contribution < -0.4 is 4.90 Å². The molecule has 0 amide bonds. The Bertz CT molecular complexity index is 972. The number of benzene rings is 1. The number of aryl methyl sites for hydroxylation is 2. The highest BCUT2D eigenvalue weighted by atomic mass is 32.1.